The van der Waals surface area contributed by atoms with Crippen molar-refractivity contribution in [2.45, 2.75) is 9.79 Å². The Labute approximate surface area is 165 Å². The van der Waals surface area contributed by atoms with Crippen LogP contribution in [0, 0.1) is 10.2 Å². The number of carbonyl (C=O) groups is 1. The van der Waals surface area contributed by atoms with Crippen LogP contribution in [0.1, 0.15) is 10.4 Å². The van der Waals surface area contributed by atoms with Crippen molar-refractivity contribution in [1.82, 2.24) is 0 Å². The largest absolute Gasteiger partial charge is 0.455 e. The van der Waals surface area contributed by atoms with E-state index in [-0.39, 0.29) is 11.5 Å². The molecule has 0 bridgehead atoms. The number of benzene rings is 3. The monoisotopic (exact) mass is 418 g/mol. The Morgan fingerprint density at radius 1 is 0.821 bits per heavy atom. The minimum Gasteiger partial charge on any atom is -0.455 e. The molecule has 0 aliphatic carbocycles. The van der Waals surface area contributed by atoms with Crippen molar-refractivity contribution in [2.75, 3.05) is 5.75 Å². The van der Waals surface area contributed by atoms with Gasteiger partial charge < -0.3 is 4.74 Å². The quantitative estimate of drug-likeness (QED) is 0.584. The Bertz CT molecular complexity index is 973. The Kier molecular flexibility index (Phi) is 4.88. The first-order valence-electron chi connectivity index (χ1n) is 8.26. The van der Waals surface area contributed by atoms with Crippen LogP contribution in [0.5, 0.6) is 11.5 Å². The van der Waals surface area contributed by atoms with Gasteiger partial charge in [0, 0.05) is 5.56 Å². The molecule has 0 aromatic heterocycles. The van der Waals surface area contributed by atoms with Crippen molar-refractivity contribution < 1.29 is 37.5 Å². The molecule has 3 aromatic rings. The maximum atomic E-state index is 13.0. The lowest BCUT2D eigenvalue weighted by Gasteiger charge is -2.38. The molecule has 0 N–H and O–H groups in total. The van der Waals surface area contributed by atoms with Crippen molar-refractivity contribution in [3.8, 4) is 11.5 Å². The zero-order valence-corrected chi connectivity index (χ0v) is 16.0. The molecule has 1 heterocycles. The fourth-order valence-electron chi connectivity index (χ4n) is 3.12. The van der Waals surface area contributed by atoms with Gasteiger partial charge in [0.15, 0.2) is 5.78 Å². The van der Waals surface area contributed by atoms with Gasteiger partial charge in [0.1, 0.15) is 15.2 Å². The van der Waals surface area contributed by atoms with Gasteiger partial charge in [0.25, 0.3) is 0 Å². The third-order valence-electron chi connectivity index (χ3n) is 4.24. The molecule has 0 radical (unpaired) electrons. The van der Waals surface area contributed by atoms with Gasteiger partial charge in [-0.3, -0.25) is 4.79 Å². The Balaban J connectivity index is 1.92. The van der Waals surface area contributed by atoms with Crippen LogP contribution in [-0.4, -0.2) is 11.5 Å². The first-order chi connectivity index (χ1) is 13.4. The van der Waals surface area contributed by atoms with E-state index in [1.807, 2.05) is 0 Å². The average Bonchev–Trinajstić information content (AvgIpc) is 2.68. The minimum absolute atomic E-state index is 0.303. The van der Waals surface area contributed by atoms with E-state index in [4.69, 9.17) is 8.47 Å². The van der Waals surface area contributed by atoms with Crippen molar-refractivity contribution >= 4 is 16.1 Å². The molecule has 0 spiro atoms. The van der Waals surface area contributed by atoms with E-state index in [1.54, 1.807) is 78.9 Å². The average molecular weight is 419 g/mol. The van der Waals surface area contributed by atoms with Crippen molar-refractivity contribution in [2.24, 2.45) is 0 Å². The van der Waals surface area contributed by atoms with E-state index in [1.165, 1.54) is 0 Å². The number of rotatable bonds is 5. The first-order valence-corrected chi connectivity index (χ1v) is 11.2. The van der Waals surface area contributed by atoms with Crippen molar-refractivity contribution in [1.29, 1.82) is 0 Å². The molecule has 0 amide bonds. The lowest BCUT2D eigenvalue weighted by Crippen LogP contribution is -2.61. The highest BCUT2D eigenvalue weighted by molar-refractivity contribution is 8.30. The standard InChI is InChI=1S/C20H15ClO6S/c22-16(15-8-2-1-3-9-15)14-28(27-21(23,24)25)19-12-6-4-10-17(19)26-18-11-5-7-13-20(18)28/h1-13H,14H2. The predicted molar refractivity (Wildman–Crippen MR) is 93.8 cm³/mol. The number of halogens is 1. The minimum atomic E-state index is -4.80. The SMILES string of the molecule is O=C(CS1(O[Cl+3]([O-])([O-])[O-])c2ccccc2Oc2ccccc21)c1ccccc1. The van der Waals surface area contributed by atoms with Gasteiger partial charge in [-0.2, -0.15) is 14.0 Å². The molecular weight excluding hydrogens is 404 g/mol. The molecule has 0 fully saturated rings. The number of ether oxygens (including phenoxy) is 1. The number of hydrogen-bond acceptors (Lipinski definition) is 6. The highest BCUT2D eigenvalue weighted by Crippen LogP contribution is 2.71. The Hall–Kier alpha value is -2.39. The van der Waals surface area contributed by atoms with E-state index < -0.39 is 20.6 Å². The summed E-state index contributed by atoms with van der Waals surface area (Å²) in [6.07, 6.45) is 0. The van der Waals surface area contributed by atoms with Crippen molar-refractivity contribution in [3.63, 3.8) is 0 Å². The molecule has 8 heteroatoms. The maximum Gasteiger partial charge on any atom is 0.174 e. The molecule has 1 aliphatic heterocycles. The molecule has 4 rings (SSSR count). The summed E-state index contributed by atoms with van der Waals surface area (Å²) >= 11 is 0. The van der Waals surface area contributed by atoms with Crippen LogP contribution in [0.4, 0.5) is 0 Å². The molecule has 28 heavy (non-hydrogen) atoms. The lowest BCUT2D eigenvalue weighted by molar-refractivity contribution is -1.91. The number of fused-ring (bicyclic) bond motifs is 2. The summed E-state index contributed by atoms with van der Waals surface area (Å²) < 4.78 is 46.2. The van der Waals surface area contributed by atoms with Crippen LogP contribution in [0.2, 0.25) is 0 Å². The second kappa shape index (κ2) is 7.21. The highest BCUT2D eigenvalue weighted by atomic mass is 35.7. The molecule has 144 valence electrons. The van der Waals surface area contributed by atoms with Gasteiger partial charge in [-0.25, -0.2) is 0 Å². The zero-order chi connectivity index (χ0) is 19.8. The summed E-state index contributed by atoms with van der Waals surface area (Å²) in [5.74, 6) is 0.0795. The molecule has 1 aliphatic rings. The third-order valence-corrected chi connectivity index (χ3v) is 8.49. The zero-order valence-electron chi connectivity index (χ0n) is 14.4. The molecule has 0 saturated carbocycles. The topological polar surface area (TPSA) is 105 Å². The first kappa shape index (κ1) is 18.9. The summed E-state index contributed by atoms with van der Waals surface area (Å²) in [5, 5.41) is 0. The Morgan fingerprint density at radius 3 is 1.86 bits per heavy atom. The smallest absolute Gasteiger partial charge is 0.174 e. The van der Waals surface area contributed by atoms with Crippen LogP contribution in [-0.2, 0) is 3.74 Å². The Morgan fingerprint density at radius 2 is 1.32 bits per heavy atom. The number of Topliss-reactive ketones (excluding diaryl/α,β-unsaturated/α-hetero) is 1. The summed E-state index contributed by atoms with van der Waals surface area (Å²) in [4.78, 5) is 13.8. The van der Waals surface area contributed by atoms with Gasteiger partial charge in [-0.15, -0.1) is 0 Å². The van der Waals surface area contributed by atoms with Crippen LogP contribution in [0.15, 0.2) is 88.7 Å². The van der Waals surface area contributed by atoms with Gasteiger partial charge in [-0.1, -0.05) is 54.6 Å². The summed E-state index contributed by atoms with van der Waals surface area (Å²) in [7, 11) is -7.81. The molecular formula is C20H15ClO6S. The van der Waals surface area contributed by atoms with Gasteiger partial charge in [0.2, 0.25) is 0 Å². The highest BCUT2D eigenvalue weighted by Gasteiger charge is 2.51. The summed E-state index contributed by atoms with van der Waals surface area (Å²) in [6.45, 7) is 0. The molecule has 6 nitrogen and oxygen atoms in total. The fraction of sp³-hybridized carbons (Fsp3) is 0.0500. The fourth-order valence-corrected chi connectivity index (χ4v) is 7.44. The van der Waals surface area contributed by atoms with E-state index in [0.29, 0.717) is 26.9 Å². The van der Waals surface area contributed by atoms with Crippen LogP contribution < -0.4 is 18.7 Å². The molecule has 0 saturated heterocycles. The van der Waals surface area contributed by atoms with Crippen LogP contribution >= 0.6 is 10.3 Å². The summed E-state index contributed by atoms with van der Waals surface area (Å²) in [6, 6.07) is 21.8. The van der Waals surface area contributed by atoms with E-state index >= 15 is 0 Å². The van der Waals surface area contributed by atoms with E-state index in [2.05, 4.69) is 0 Å². The number of hydrogen-bond donors (Lipinski definition) is 0. The predicted octanol–water partition coefficient (Wildman–Crippen LogP) is 1.73. The lowest BCUT2D eigenvalue weighted by atomic mass is 10.2. The van der Waals surface area contributed by atoms with Gasteiger partial charge in [-0.05, 0) is 24.3 Å². The second-order valence-corrected chi connectivity index (χ2v) is 9.82. The van der Waals surface area contributed by atoms with Gasteiger partial charge >= 0.3 is 0 Å². The molecule has 0 unspecified atom stereocenters. The van der Waals surface area contributed by atoms with Crippen LogP contribution in [0.3, 0.4) is 0 Å². The molecule has 0 atom stereocenters. The maximum absolute atomic E-state index is 13.0. The van der Waals surface area contributed by atoms with E-state index in [0.717, 1.165) is 0 Å². The second-order valence-electron chi connectivity index (χ2n) is 6.05. The number of para-hydroxylation sites is 2. The van der Waals surface area contributed by atoms with Gasteiger partial charge in [0.05, 0.1) is 36.1 Å². The third kappa shape index (κ3) is 3.51. The number of ketones is 1. The number of carbonyl (C=O) groups excluding carboxylic acids is 1. The summed E-state index contributed by atoms with van der Waals surface area (Å²) in [5.41, 5.74) is 0.402. The van der Waals surface area contributed by atoms with Crippen molar-refractivity contribution in [3.05, 3.63) is 84.4 Å². The van der Waals surface area contributed by atoms with E-state index in [9.17, 15) is 18.8 Å². The normalized spacial score (nSPS) is 15.7. The van der Waals surface area contributed by atoms with Crippen LogP contribution in [0.25, 0.3) is 0 Å². The molecule has 3 aromatic carbocycles.